The fourth-order valence-electron chi connectivity index (χ4n) is 2.97. The topological polar surface area (TPSA) is 78.9 Å². The van der Waals surface area contributed by atoms with Gasteiger partial charge in [-0.2, -0.15) is 0 Å². The average Bonchev–Trinajstić information content (AvgIpc) is 3.00. The Labute approximate surface area is 156 Å². The number of nitrogens with zero attached hydrogens (tertiary/aromatic N) is 1. The molecular weight excluding hydrogens is 356 g/mol. The van der Waals surface area contributed by atoms with E-state index >= 15 is 0 Å². The average molecular weight is 375 g/mol. The number of carbonyl (C=O) groups is 2. The summed E-state index contributed by atoms with van der Waals surface area (Å²) < 4.78 is 5.96. The number of likely N-dealkylation sites (N-methyl/N-ethyl adjacent to an activating group) is 1. The molecule has 0 saturated heterocycles. The minimum absolute atomic E-state index is 0.206. The Hall–Kier alpha value is -2.57. The van der Waals surface area contributed by atoms with Gasteiger partial charge in [0.15, 0.2) is 0 Å². The van der Waals surface area contributed by atoms with Gasteiger partial charge in [0.05, 0.1) is 5.69 Å². The largest absolute Gasteiger partial charge is 0.480 e. The molecule has 0 radical (unpaired) electrons. The zero-order valence-electron chi connectivity index (χ0n) is 14.6. The highest BCUT2D eigenvalue weighted by molar-refractivity contribution is 6.30. The molecule has 2 atom stereocenters. The van der Waals surface area contributed by atoms with Crippen LogP contribution >= 0.6 is 11.6 Å². The van der Waals surface area contributed by atoms with Crippen LogP contribution < -0.4 is 15.0 Å². The molecule has 2 aromatic rings. The van der Waals surface area contributed by atoms with Crippen molar-refractivity contribution < 1.29 is 19.4 Å². The zero-order valence-corrected chi connectivity index (χ0v) is 15.4. The number of rotatable bonds is 4. The van der Waals surface area contributed by atoms with Crippen LogP contribution in [0, 0.1) is 0 Å². The fraction of sp³-hybridized carbons (Fsp3) is 0.263. The molecule has 2 unspecified atom stereocenters. The molecule has 1 aliphatic rings. The minimum atomic E-state index is -1.28. The van der Waals surface area contributed by atoms with Crippen molar-refractivity contribution in [1.29, 1.82) is 0 Å². The highest BCUT2D eigenvalue weighted by Crippen LogP contribution is 2.45. The quantitative estimate of drug-likeness (QED) is 0.858. The van der Waals surface area contributed by atoms with Gasteiger partial charge in [-0.25, -0.2) is 4.79 Å². The number of halogens is 1. The Morgan fingerprint density at radius 1 is 1.23 bits per heavy atom. The second-order valence-electron chi connectivity index (χ2n) is 6.27. The third kappa shape index (κ3) is 2.91. The maximum Gasteiger partial charge on any atom is 0.328 e. The van der Waals surface area contributed by atoms with E-state index < -0.39 is 17.7 Å². The maximum atomic E-state index is 12.3. The third-order valence-corrected chi connectivity index (χ3v) is 4.94. The van der Waals surface area contributed by atoms with Gasteiger partial charge in [-0.05, 0) is 43.8 Å². The van der Waals surface area contributed by atoms with Gasteiger partial charge in [0.25, 0.3) is 0 Å². The van der Waals surface area contributed by atoms with Crippen LogP contribution in [-0.2, 0) is 15.1 Å². The molecule has 0 spiro atoms. The molecule has 7 heteroatoms. The lowest BCUT2D eigenvalue weighted by Gasteiger charge is -2.26. The molecule has 6 nitrogen and oxygen atoms in total. The first kappa shape index (κ1) is 18.2. The number of nitrogens with one attached hydrogen (secondary N) is 1. The molecule has 26 heavy (non-hydrogen) atoms. The van der Waals surface area contributed by atoms with Crippen LogP contribution in [0.15, 0.2) is 42.5 Å². The van der Waals surface area contributed by atoms with Crippen LogP contribution in [-0.4, -0.2) is 24.0 Å². The summed E-state index contributed by atoms with van der Waals surface area (Å²) in [6, 6.07) is 12.1. The van der Waals surface area contributed by atoms with Crippen LogP contribution in [0.2, 0.25) is 5.02 Å². The summed E-state index contributed by atoms with van der Waals surface area (Å²) in [6.45, 7) is 3.02. The Bertz CT molecular complexity index is 868. The number of anilines is 1. The van der Waals surface area contributed by atoms with E-state index in [1.165, 1.54) is 11.8 Å². The normalized spacial score (nSPS) is 18.0. The lowest BCUT2D eigenvalue weighted by Crippen LogP contribution is -2.44. The number of carboxylic acid groups (broad SMARTS) is 1. The first-order valence-corrected chi connectivity index (χ1v) is 8.44. The smallest absolute Gasteiger partial charge is 0.328 e. The number of carboxylic acids is 1. The van der Waals surface area contributed by atoms with Gasteiger partial charge in [0.2, 0.25) is 12.1 Å². The number of hydrogen-bond acceptors (Lipinski definition) is 4. The van der Waals surface area contributed by atoms with Crippen molar-refractivity contribution >= 4 is 29.2 Å². The summed E-state index contributed by atoms with van der Waals surface area (Å²) in [4.78, 5) is 25.5. The summed E-state index contributed by atoms with van der Waals surface area (Å²) in [7, 11) is 1.58. The van der Waals surface area contributed by atoms with Gasteiger partial charge in [-0.15, -0.1) is 0 Å². The van der Waals surface area contributed by atoms with Crippen molar-refractivity contribution in [3.05, 3.63) is 58.6 Å². The van der Waals surface area contributed by atoms with Gasteiger partial charge in [-0.1, -0.05) is 29.8 Å². The molecule has 1 aliphatic heterocycles. The van der Waals surface area contributed by atoms with Crippen LogP contribution in [0.25, 0.3) is 0 Å². The highest BCUT2D eigenvalue weighted by Gasteiger charge is 2.39. The summed E-state index contributed by atoms with van der Waals surface area (Å²) in [5, 5.41) is 13.0. The minimum Gasteiger partial charge on any atom is -0.480 e. The first-order valence-electron chi connectivity index (χ1n) is 8.06. The van der Waals surface area contributed by atoms with E-state index in [1.54, 1.807) is 56.4 Å². The molecule has 0 fully saturated rings. The third-order valence-electron chi connectivity index (χ3n) is 4.69. The number of hydrogen-bond donors (Lipinski definition) is 2. The Kier molecular flexibility index (Phi) is 4.64. The van der Waals surface area contributed by atoms with Crippen molar-refractivity contribution in [1.82, 2.24) is 5.32 Å². The lowest BCUT2D eigenvalue weighted by atomic mass is 9.91. The predicted octanol–water partition coefficient (Wildman–Crippen LogP) is 3.30. The van der Waals surface area contributed by atoms with Crippen molar-refractivity contribution in [2.24, 2.45) is 0 Å². The van der Waals surface area contributed by atoms with Crippen LogP contribution in [0.3, 0.4) is 0 Å². The monoisotopic (exact) mass is 374 g/mol. The molecule has 0 saturated carbocycles. The van der Waals surface area contributed by atoms with Crippen molar-refractivity contribution in [2.45, 2.75) is 25.6 Å². The Balaban J connectivity index is 2.07. The SMILES string of the molecule is CNC(C)(C(=O)O)c1ccc2c(c1)N(C(C)=O)C(c1ccc(Cl)cc1)O2. The van der Waals surface area contributed by atoms with Gasteiger partial charge in [-0.3, -0.25) is 9.69 Å². The number of benzene rings is 2. The highest BCUT2D eigenvalue weighted by atomic mass is 35.5. The van der Waals surface area contributed by atoms with E-state index in [0.29, 0.717) is 22.0 Å². The van der Waals surface area contributed by atoms with E-state index in [1.807, 2.05) is 0 Å². The second-order valence-corrected chi connectivity index (χ2v) is 6.71. The number of fused-ring (bicyclic) bond motifs is 1. The molecule has 0 aliphatic carbocycles. The number of carbonyl (C=O) groups excluding carboxylic acids is 1. The van der Waals surface area contributed by atoms with E-state index in [9.17, 15) is 14.7 Å². The van der Waals surface area contributed by atoms with Crippen LogP contribution in [0.5, 0.6) is 5.75 Å². The molecule has 0 aromatic heterocycles. The first-order chi connectivity index (χ1) is 12.3. The van der Waals surface area contributed by atoms with Gasteiger partial charge in [0.1, 0.15) is 11.3 Å². The van der Waals surface area contributed by atoms with E-state index in [-0.39, 0.29) is 5.91 Å². The lowest BCUT2D eigenvalue weighted by molar-refractivity contribution is -0.144. The van der Waals surface area contributed by atoms with Crippen LogP contribution in [0.4, 0.5) is 5.69 Å². The van der Waals surface area contributed by atoms with E-state index in [0.717, 1.165) is 5.56 Å². The summed E-state index contributed by atoms with van der Waals surface area (Å²) in [5.41, 5.74) is 0.558. The molecule has 1 amide bonds. The zero-order chi connectivity index (χ0) is 19.1. The molecule has 3 rings (SSSR count). The van der Waals surface area contributed by atoms with Crippen molar-refractivity contribution in [2.75, 3.05) is 11.9 Å². The Morgan fingerprint density at radius 2 is 1.88 bits per heavy atom. The second kappa shape index (κ2) is 6.63. The summed E-state index contributed by atoms with van der Waals surface area (Å²) in [5.74, 6) is -0.697. The molecule has 136 valence electrons. The van der Waals surface area contributed by atoms with E-state index in [4.69, 9.17) is 16.3 Å². The molecule has 1 heterocycles. The molecule has 0 bridgehead atoms. The van der Waals surface area contributed by atoms with Crippen molar-refractivity contribution in [3.63, 3.8) is 0 Å². The maximum absolute atomic E-state index is 12.3. The van der Waals surface area contributed by atoms with Crippen LogP contribution in [0.1, 0.15) is 31.2 Å². The summed E-state index contributed by atoms with van der Waals surface area (Å²) >= 11 is 5.94. The van der Waals surface area contributed by atoms with Crippen molar-refractivity contribution in [3.8, 4) is 5.75 Å². The van der Waals surface area contributed by atoms with Gasteiger partial charge in [0, 0.05) is 17.5 Å². The molecule has 2 aromatic carbocycles. The molecule has 2 N–H and O–H groups in total. The fourth-order valence-corrected chi connectivity index (χ4v) is 3.10. The number of amides is 1. The number of ether oxygens (including phenoxy) is 1. The summed E-state index contributed by atoms with van der Waals surface area (Å²) in [6.07, 6.45) is -0.624. The predicted molar refractivity (Wildman–Crippen MR) is 98.5 cm³/mol. The number of aliphatic carboxylic acids is 1. The van der Waals surface area contributed by atoms with Gasteiger partial charge >= 0.3 is 5.97 Å². The van der Waals surface area contributed by atoms with Gasteiger partial charge < -0.3 is 15.2 Å². The standard InChI is InChI=1S/C19H19ClN2O4/c1-11(23)22-15-10-13(19(2,21-3)18(24)25)6-9-16(15)26-17(22)12-4-7-14(20)8-5-12/h4-10,17,21H,1-3H3,(H,24,25). The molecular formula is C19H19ClN2O4. The Morgan fingerprint density at radius 3 is 2.42 bits per heavy atom. The van der Waals surface area contributed by atoms with E-state index in [2.05, 4.69) is 5.32 Å².